The Morgan fingerprint density at radius 2 is 2.39 bits per heavy atom. The zero-order valence-electron chi connectivity index (χ0n) is 13.1. The van der Waals surface area contributed by atoms with Crippen molar-refractivity contribution in [3.8, 4) is 5.88 Å². The molecule has 1 saturated heterocycles. The fraction of sp³-hybridized carbons (Fsp3) is 0.500. The predicted octanol–water partition coefficient (Wildman–Crippen LogP) is 1.81. The van der Waals surface area contributed by atoms with Gasteiger partial charge in [0, 0.05) is 56.5 Å². The lowest BCUT2D eigenvalue weighted by atomic mass is 9.94. The standard InChI is InChI=1S/C16H20N4O3/c1-22-15-9-13(23-19-15)4-5-16(21)20-8-2-3-12(11-20)14-10-17-6-7-18-14/h6-7,9-10,12H,2-5,8,11H2,1H3. The Bertz CT molecular complexity index is 644. The summed E-state index contributed by atoms with van der Waals surface area (Å²) in [5, 5.41) is 3.74. The van der Waals surface area contributed by atoms with E-state index in [0.717, 1.165) is 25.1 Å². The summed E-state index contributed by atoms with van der Waals surface area (Å²) in [6.07, 6.45) is 8.13. The zero-order chi connectivity index (χ0) is 16.1. The van der Waals surface area contributed by atoms with E-state index < -0.39 is 0 Å². The molecule has 1 atom stereocenters. The summed E-state index contributed by atoms with van der Waals surface area (Å²) in [5.41, 5.74) is 0.963. The van der Waals surface area contributed by atoms with Gasteiger partial charge < -0.3 is 14.2 Å². The summed E-state index contributed by atoms with van der Waals surface area (Å²) in [7, 11) is 1.53. The third-order valence-corrected chi connectivity index (χ3v) is 4.11. The minimum atomic E-state index is 0.133. The van der Waals surface area contributed by atoms with Gasteiger partial charge in [-0.2, -0.15) is 0 Å². The van der Waals surface area contributed by atoms with Gasteiger partial charge in [-0.25, -0.2) is 0 Å². The second-order valence-corrected chi connectivity index (χ2v) is 5.64. The van der Waals surface area contributed by atoms with Crippen molar-refractivity contribution in [3.63, 3.8) is 0 Å². The highest BCUT2D eigenvalue weighted by Crippen LogP contribution is 2.25. The van der Waals surface area contributed by atoms with E-state index >= 15 is 0 Å². The second-order valence-electron chi connectivity index (χ2n) is 5.64. The Kier molecular flexibility index (Phi) is 4.85. The van der Waals surface area contributed by atoms with Crippen LogP contribution in [0.4, 0.5) is 0 Å². The van der Waals surface area contributed by atoms with E-state index in [0.29, 0.717) is 31.0 Å². The Labute approximate surface area is 134 Å². The molecule has 1 aliphatic heterocycles. The van der Waals surface area contributed by atoms with Crippen molar-refractivity contribution in [3.05, 3.63) is 36.1 Å². The Morgan fingerprint density at radius 1 is 1.48 bits per heavy atom. The van der Waals surface area contributed by atoms with Gasteiger partial charge in [-0.15, -0.1) is 0 Å². The molecule has 0 radical (unpaired) electrons. The molecule has 0 aliphatic carbocycles. The first-order valence-corrected chi connectivity index (χ1v) is 7.79. The van der Waals surface area contributed by atoms with Crippen LogP contribution >= 0.6 is 0 Å². The molecule has 1 amide bonds. The van der Waals surface area contributed by atoms with Gasteiger partial charge in [0.2, 0.25) is 5.91 Å². The number of ether oxygens (including phenoxy) is 1. The van der Waals surface area contributed by atoms with Crippen molar-refractivity contribution < 1.29 is 14.1 Å². The summed E-state index contributed by atoms with van der Waals surface area (Å²) < 4.78 is 10.1. The summed E-state index contributed by atoms with van der Waals surface area (Å²) in [4.78, 5) is 22.8. The zero-order valence-corrected chi connectivity index (χ0v) is 13.1. The summed E-state index contributed by atoms with van der Waals surface area (Å²) in [6, 6.07) is 1.71. The number of methoxy groups -OCH3 is 1. The van der Waals surface area contributed by atoms with Crippen LogP contribution in [0.15, 0.2) is 29.2 Å². The Morgan fingerprint density at radius 3 is 3.13 bits per heavy atom. The molecule has 1 unspecified atom stereocenters. The molecule has 2 aromatic heterocycles. The van der Waals surface area contributed by atoms with Crippen molar-refractivity contribution in [2.45, 2.75) is 31.6 Å². The maximum atomic E-state index is 12.4. The lowest BCUT2D eigenvalue weighted by Crippen LogP contribution is -2.39. The van der Waals surface area contributed by atoms with Crippen molar-refractivity contribution in [1.82, 2.24) is 20.0 Å². The van der Waals surface area contributed by atoms with Crippen LogP contribution in [0.3, 0.4) is 0 Å². The molecule has 0 aromatic carbocycles. The Balaban J connectivity index is 1.54. The monoisotopic (exact) mass is 316 g/mol. The first-order chi connectivity index (χ1) is 11.3. The van der Waals surface area contributed by atoms with Crippen LogP contribution in [0.2, 0.25) is 0 Å². The molecular weight excluding hydrogens is 296 g/mol. The molecular formula is C16H20N4O3. The lowest BCUT2D eigenvalue weighted by Gasteiger charge is -2.32. The third kappa shape index (κ3) is 3.85. The molecule has 0 bridgehead atoms. The number of aryl methyl sites for hydroxylation is 1. The van der Waals surface area contributed by atoms with Crippen LogP contribution < -0.4 is 4.74 Å². The fourth-order valence-corrected chi connectivity index (χ4v) is 2.86. The minimum Gasteiger partial charge on any atom is -0.479 e. The molecule has 0 spiro atoms. The fourth-order valence-electron chi connectivity index (χ4n) is 2.86. The number of carbonyl (C=O) groups is 1. The maximum absolute atomic E-state index is 12.4. The first-order valence-electron chi connectivity index (χ1n) is 7.79. The smallest absolute Gasteiger partial charge is 0.254 e. The maximum Gasteiger partial charge on any atom is 0.254 e. The van der Waals surface area contributed by atoms with E-state index in [-0.39, 0.29) is 11.8 Å². The first kappa shape index (κ1) is 15.5. The van der Waals surface area contributed by atoms with Crippen LogP contribution in [0.1, 0.15) is 36.6 Å². The number of hydrogen-bond acceptors (Lipinski definition) is 6. The van der Waals surface area contributed by atoms with E-state index in [1.807, 2.05) is 4.90 Å². The molecule has 3 rings (SSSR count). The van der Waals surface area contributed by atoms with Crippen LogP contribution in [-0.4, -0.2) is 46.1 Å². The third-order valence-electron chi connectivity index (χ3n) is 4.11. The van der Waals surface area contributed by atoms with E-state index in [2.05, 4.69) is 15.1 Å². The number of aromatic nitrogens is 3. The normalized spacial score (nSPS) is 18.0. The number of nitrogens with zero attached hydrogens (tertiary/aromatic N) is 4. The lowest BCUT2D eigenvalue weighted by molar-refractivity contribution is -0.132. The van der Waals surface area contributed by atoms with Gasteiger partial charge in [0.15, 0.2) is 0 Å². The topological polar surface area (TPSA) is 81.4 Å². The molecule has 3 heterocycles. The molecule has 1 fully saturated rings. The summed E-state index contributed by atoms with van der Waals surface area (Å²) in [6.45, 7) is 1.51. The number of carbonyl (C=O) groups excluding carboxylic acids is 1. The van der Waals surface area contributed by atoms with Gasteiger partial charge in [-0.1, -0.05) is 0 Å². The molecule has 23 heavy (non-hydrogen) atoms. The number of likely N-dealkylation sites (tertiary alicyclic amines) is 1. The molecule has 1 aliphatic rings. The van der Waals surface area contributed by atoms with Crippen molar-refractivity contribution >= 4 is 5.91 Å². The van der Waals surface area contributed by atoms with Crippen LogP contribution in [0, 0.1) is 0 Å². The van der Waals surface area contributed by atoms with Crippen LogP contribution in [-0.2, 0) is 11.2 Å². The Hall–Kier alpha value is -2.44. The molecule has 7 heteroatoms. The minimum absolute atomic E-state index is 0.133. The molecule has 122 valence electrons. The van der Waals surface area contributed by atoms with Gasteiger partial charge in [-0.3, -0.25) is 14.8 Å². The van der Waals surface area contributed by atoms with E-state index in [1.54, 1.807) is 24.7 Å². The molecule has 7 nitrogen and oxygen atoms in total. The molecule has 2 aromatic rings. The average molecular weight is 316 g/mol. The number of amides is 1. The SMILES string of the molecule is COc1cc(CCC(=O)N2CCCC(c3cnccn3)C2)on1. The summed E-state index contributed by atoms with van der Waals surface area (Å²) in [5.74, 6) is 1.51. The van der Waals surface area contributed by atoms with E-state index in [1.165, 1.54) is 7.11 Å². The van der Waals surface area contributed by atoms with E-state index in [4.69, 9.17) is 9.26 Å². The van der Waals surface area contributed by atoms with Gasteiger partial charge >= 0.3 is 0 Å². The van der Waals surface area contributed by atoms with Gasteiger partial charge in [0.1, 0.15) is 5.76 Å². The molecule has 0 N–H and O–H groups in total. The number of hydrogen-bond donors (Lipinski definition) is 0. The van der Waals surface area contributed by atoms with Crippen molar-refractivity contribution in [2.75, 3.05) is 20.2 Å². The highest BCUT2D eigenvalue weighted by atomic mass is 16.5. The van der Waals surface area contributed by atoms with E-state index in [9.17, 15) is 4.79 Å². The van der Waals surface area contributed by atoms with Crippen molar-refractivity contribution in [2.24, 2.45) is 0 Å². The quantitative estimate of drug-likeness (QED) is 0.837. The summed E-state index contributed by atoms with van der Waals surface area (Å²) >= 11 is 0. The van der Waals surface area contributed by atoms with Crippen molar-refractivity contribution in [1.29, 1.82) is 0 Å². The highest BCUT2D eigenvalue weighted by Gasteiger charge is 2.25. The average Bonchev–Trinajstić information content (AvgIpc) is 3.09. The van der Waals surface area contributed by atoms with Gasteiger partial charge in [0.25, 0.3) is 5.88 Å². The number of rotatable bonds is 5. The van der Waals surface area contributed by atoms with Gasteiger partial charge in [0.05, 0.1) is 12.8 Å². The molecule has 0 saturated carbocycles. The number of piperidine rings is 1. The second kappa shape index (κ2) is 7.21. The highest BCUT2D eigenvalue weighted by molar-refractivity contribution is 5.76. The van der Waals surface area contributed by atoms with Gasteiger partial charge in [-0.05, 0) is 18.0 Å². The van der Waals surface area contributed by atoms with Crippen LogP contribution in [0.25, 0.3) is 0 Å². The predicted molar refractivity (Wildman–Crippen MR) is 82.0 cm³/mol. The van der Waals surface area contributed by atoms with Crippen LogP contribution in [0.5, 0.6) is 5.88 Å². The largest absolute Gasteiger partial charge is 0.479 e.